The molecule has 0 bridgehead atoms. The summed E-state index contributed by atoms with van der Waals surface area (Å²) in [6, 6.07) is 15.2. The SMILES string of the molecule is O=C(O)[C@@H](Nc1ccccc1)c1ccccc1Cl. The largest absolute Gasteiger partial charge is 0.479 e. The van der Waals surface area contributed by atoms with E-state index in [0.29, 0.717) is 10.6 Å². The fraction of sp³-hybridized carbons (Fsp3) is 0.0714. The molecule has 0 radical (unpaired) electrons. The lowest BCUT2D eigenvalue weighted by molar-refractivity contribution is -0.138. The number of nitrogens with one attached hydrogen (secondary N) is 1. The lowest BCUT2D eigenvalue weighted by atomic mass is 10.1. The van der Waals surface area contributed by atoms with E-state index in [0.717, 1.165) is 5.69 Å². The number of anilines is 1. The van der Waals surface area contributed by atoms with Gasteiger partial charge in [-0.15, -0.1) is 0 Å². The van der Waals surface area contributed by atoms with Gasteiger partial charge in [0.2, 0.25) is 0 Å². The summed E-state index contributed by atoms with van der Waals surface area (Å²) in [4.78, 5) is 11.3. The highest BCUT2D eigenvalue weighted by Crippen LogP contribution is 2.26. The molecule has 0 unspecified atom stereocenters. The second-order valence-electron chi connectivity index (χ2n) is 3.80. The minimum absolute atomic E-state index is 0.438. The topological polar surface area (TPSA) is 49.3 Å². The maximum absolute atomic E-state index is 11.3. The van der Waals surface area contributed by atoms with Crippen LogP contribution in [0.1, 0.15) is 11.6 Å². The highest BCUT2D eigenvalue weighted by atomic mass is 35.5. The number of aliphatic carboxylic acids is 1. The average molecular weight is 262 g/mol. The molecular formula is C14H12ClNO2. The van der Waals surface area contributed by atoms with Crippen molar-refractivity contribution in [3.8, 4) is 0 Å². The van der Waals surface area contributed by atoms with Gasteiger partial charge in [-0.3, -0.25) is 0 Å². The Morgan fingerprint density at radius 3 is 2.28 bits per heavy atom. The van der Waals surface area contributed by atoms with Crippen molar-refractivity contribution >= 4 is 23.3 Å². The summed E-state index contributed by atoms with van der Waals surface area (Å²) in [5.41, 5.74) is 1.29. The molecule has 4 heteroatoms. The summed E-state index contributed by atoms with van der Waals surface area (Å²) < 4.78 is 0. The zero-order valence-electron chi connectivity index (χ0n) is 9.51. The molecule has 0 aromatic heterocycles. The molecule has 0 saturated heterocycles. The van der Waals surface area contributed by atoms with Gasteiger partial charge in [-0.25, -0.2) is 4.79 Å². The van der Waals surface area contributed by atoms with E-state index < -0.39 is 12.0 Å². The number of halogens is 1. The van der Waals surface area contributed by atoms with Crippen LogP contribution in [0.25, 0.3) is 0 Å². The van der Waals surface area contributed by atoms with Crippen molar-refractivity contribution in [2.45, 2.75) is 6.04 Å². The van der Waals surface area contributed by atoms with Crippen molar-refractivity contribution < 1.29 is 9.90 Å². The van der Waals surface area contributed by atoms with Crippen LogP contribution in [0.3, 0.4) is 0 Å². The van der Waals surface area contributed by atoms with Crippen molar-refractivity contribution in [1.29, 1.82) is 0 Å². The molecule has 0 saturated carbocycles. The minimum Gasteiger partial charge on any atom is -0.479 e. The van der Waals surface area contributed by atoms with E-state index in [2.05, 4.69) is 5.32 Å². The van der Waals surface area contributed by atoms with Crippen molar-refractivity contribution in [2.75, 3.05) is 5.32 Å². The van der Waals surface area contributed by atoms with Crippen LogP contribution in [0, 0.1) is 0 Å². The number of hydrogen-bond acceptors (Lipinski definition) is 2. The van der Waals surface area contributed by atoms with Gasteiger partial charge in [-0.05, 0) is 18.2 Å². The van der Waals surface area contributed by atoms with Gasteiger partial charge < -0.3 is 10.4 Å². The molecule has 2 N–H and O–H groups in total. The predicted molar refractivity (Wildman–Crippen MR) is 71.9 cm³/mol. The molecule has 1 atom stereocenters. The third kappa shape index (κ3) is 2.81. The molecular weight excluding hydrogens is 250 g/mol. The van der Waals surface area contributed by atoms with Crippen LogP contribution >= 0.6 is 11.6 Å². The first kappa shape index (κ1) is 12.5. The van der Waals surface area contributed by atoms with Gasteiger partial charge in [0.15, 0.2) is 6.04 Å². The second kappa shape index (κ2) is 5.56. The summed E-state index contributed by atoms with van der Waals surface area (Å²) in [5.74, 6) is -0.966. The minimum atomic E-state index is -0.966. The van der Waals surface area contributed by atoms with E-state index >= 15 is 0 Å². The monoisotopic (exact) mass is 261 g/mol. The molecule has 0 aliphatic carbocycles. The van der Waals surface area contributed by atoms with Gasteiger partial charge >= 0.3 is 5.97 Å². The van der Waals surface area contributed by atoms with Gasteiger partial charge in [0.05, 0.1) is 0 Å². The normalized spacial score (nSPS) is 11.8. The number of benzene rings is 2. The number of carboxylic acid groups (broad SMARTS) is 1. The number of carbonyl (C=O) groups is 1. The van der Waals surface area contributed by atoms with Crippen LogP contribution in [-0.2, 0) is 4.79 Å². The van der Waals surface area contributed by atoms with Crippen LogP contribution < -0.4 is 5.32 Å². The zero-order valence-corrected chi connectivity index (χ0v) is 10.3. The molecule has 0 aliphatic rings. The Kier molecular flexibility index (Phi) is 3.85. The number of para-hydroxylation sites is 1. The first-order valence-corrected chi connectivity index (χ1v) is 5.85. The Balaban J connectivity index is 2.30. The Morgan fingerprint density at radius 2 is 1.67 bits per heavy atom. The third-order valence-corrected chi connectivity index (χ3v) is 2.89. The number of rotatable bonds is 4. The molecule has 2 rings (SSSR count). The lowest BCUT2D eigenvalue weighted by Gasteiger charge is -2.17. The van der Waals surface area contributed by atoms with Crippen LogP contribution in [0.4, 0.5) is 5.69 Å². The van der Waals surface area contributed by atoms with Gasteiger partial charge in [-0.2, -0.15) is 0 Å². The molecule has 18 heavy (non-hydrogen) atoms. The summed E-state index contributed by atoms with van der Waals surface area (Å²) in [7, 11) is 0. The van der Waals surface area contributed by atoms with E-state index in [1.165, 1.54) is 0 Å². The van der Waals surface area contributed by atoms with Gasteiger partial charge in [-0.1, -0.05) is 48.0 Å². The first-order chi connectivity index (χ1) is 8.68. The Hall–Kier alpha value is -2.00. The highest BCUT2D eigenvalue weighted by molar-refractivity contribution is 6.31. The molecule has 2 aromatic carbocycles. The molecule has 0 spiro atoms. The fourth-order valence-electron chi connectivity index (χ4n) is 1.68. The van der Waals surface area contributed by atoms with Gasteiger partial charge in [0.25, 0.3) is 0 Å². The maximum Gasteiger partial charge on any atom is 0.330 e. The Morgan fingerprint density at radius 1 is 1.06 bits per heavy atom. The summed E-state index contributed by atoms with van der Waals surface area (Å²) in [5, 5.41) is 12.7. The highest BCUT2D eigenvalue weighted by Gasteiger charge is 2.21. The molecule has 0 fully saturated rings. The number of carboxylic acids is 1. The quantitative estimate of drug-likeness (QED) is 0.884. The standard InChI is InChI=1S/C14H12ClNO2/c15-12-9-5-4-8-11(12)13(14(17)18)16-10-6-2-1-3-7-10/h1-9,13,16H,(H,17,18)/t13-/m0/s1. The van der Waals surface area contributed by atoms with E-state index in [-0.39, 0.29) is 0 Å². The molecule has 0 aliphatic heterocycles. The lowest BCUT2D eigenvalue weighted by Crippen LogP contribution is -2.20. The smallest absolute Gasteiger partial charge is 0.330 e. The molecule has 0 amide bonds. The van der Waals surface area contributed by atoms with Crippen molar-refractivity contribution in [1.82, 2.24) is 0 Å². The van der Waals surface area contributed by atoms with E-state index in [4.69, 9.17) is 11.6 Å². The van der Waals surface area contributed by atoms with Crippen LogP contribution in [0.15, 0.2) is 54.6 Å². The summed E-state index contributed by atoms with van der Waals surface area (Å²) in [6.07, 6.45) is 0. The van der Waals surface area contributed by atoms with Crippen molar-refractivity contribution in [2.24, 2.45) is 0 Å². The van der Waals surface area contributed by atoms with E-state index in [1.807, 2.05) is 30.3 Å². The van der Waals surface area contributed by atoms with Crippen molar-refractivity contribution in [3.63, 3.8) is 0 Å². The van der Waals surface area contributed by atoms with Crippen LogP contribution in [0.5, 0.6) is 0 Å². The fourth-order valence-corrected chi connectivity index (χ4v) is 1.93. The molecule has 0 heterocycles. The van der Waals surface area contributed by atoms with Crippen LogP contribution in [-0.4, -0.2) is 11.1 Å². The summed E-state index contributed by atoms with van der Waals surface area (Å²) >= 11 is 6.03. The number of hydrogen-bond donors (Lipinski definition) is 2. The predicted octanol–water partition coefficient (Wildman–Crippen LogP) is 3.58. The van der Waals surface area contributed by atoms with Crippen molar-refractivity contribution in [3.05, 3.63) is 65.2 Å². The average Bonchev–Trinajstić information content (AvgIpc) is 2.38. The Bertz CT molecular complexity index is 543. The molecule has 3 nitrogen and oxygen atoms in total. The van der Waals surface area contributed by atoms with E-state index in [1.54, 1.807) is 24.3 Å². The maximum atomic E-state index is 11.3. The summed E-state index contributed by atoms with van der Waals surface area (Å²) in [6.45, 7) is 0. The second-order valence-corrected chi connectivity index (χ2v) is 4.21. The zero-order chi connectivity index (χ0) is 13.0. The third-order valence-electron chi connectivity index (χ3n) is 2.55. The van der Waals surface area contributed by atoms with Crippen LogP contribution in [0.2, 0.25) is 5.02 Å². The van der Waals surface area contributed by atoms with Gasteiger partial charge in [0.1, 0.15) is 0 Å². The van der Waals surface area contributed by atoms with Gasteiger partial charge in [0, 0.05) is 16.3 Å². The molecule has 2 aromatic rings. The first-order valence-electron chi connectivity index (χ1n) is 5.47. The molecule has 92 valence electrons. The van der Waals surface area contributed by atoms with E-state index in [9.17, 15) is 9.90 Å². The Labute approximate surface area is 110 Å².